The molecule has 6 nitrogen and oxygen atoms in total. The number of hydrogen-bond acceptors (Lipinski definition) is 6. The van der Waals surface area contributed by atoms with E-state index >= 15 is 0 Å². The first kappa shape index (κ1) is 13.0. The van der Waals surface area contributed by atoms with Crippen LogP contribution in [0.4, 0.5) is 11.6 Å². The minimum absolute atomic E-state index is 0.000453. The molecular weight excluding hydrogens is 232 g/mol. The Labute approximate surface area is 107 Å². The fourth-order valence-corrected chi connectivity index (χ4v) is 2.32. The first-order valence-corrected chi connectivity index (χ1v) is 6.03. The van der Waals surface area contributed by atoms with E-state index in [0.29, 0.717) is 18.9 Å². The van der Waals surface area contributed by atoms with Crippen molar-refractivity contribution in [3.8, 4) is 0 Å². The van der Waals surface area contributed by atoms with E-state index in [1.54, 1.807) is 0 Å². The van der Waals surface area contributed by atoms with Crippen LogP contribution in [0.1, 0.15) is 19.4 Å². The molecule has 18 heavy (non-hydrogen) atoms. The molecule has 100 valence electrons. The quantitative estimate of drug-likeness (QED) is 0.789. The van der Waals surface area contributed by atoms with Gasteiger partial charge in [-0.2, -0.15) is 0 Å². The summed E-state index contributed by atoms with van der Waals surface area (Å²) in [4.78, 5) is 10.4. The van der Waals surface area contributed by atoms with Crippen molar-refractivity contribution >= 4 is 11.6 Å². The Bertz CT molecular complexity index is 436. The zero-order valence-electron chi connectivity index (χ0n) is 11.1. The van der Waals surface area contributed by atoms with Gasteiger partial charge in [0.1, 0.15) is 18.0 Å². The van der Waals surface area contributed by atoms with Crippen molar-refractivity contribution in [1.82, 2.24) is 9.97 Å². The molecule has 0 spiro atoms. The number of rotatable bonds is 2. The average Bonchev–Trinajstić information content (AvgIpc) is 2.30. The minimum Gasteiger partial charge on any atom is -0.394 e. The van der Waals surface area contributed by atoms with E-state index in [0.717, 1.165) is 11.4 Å². The van der Waals surface area contributed by atoms with Gasteiger partial charge in [-0.05, 0) is 20.8 Å². The molecule has 0 radical (unpaired) electrons. The Morgan fingerprint density at radius 1 is 1.56 bits per heavy atom. The molecule has 0 aromatic carbocycles. The van der Waals surface area contributed by atoms with Crippen LogP contribution in [0.3, 0.4) is 0 Å². The van der Waals surface area contributed by atoms with Crippen LogP contribution < -0.4 is 10.6 Å². The number of morpholine rings is 1. The number of aliphatic hydroxyl groups is 1. The van der Waals surface area contributed by atoms with Crippen molar-refractivity contribution in [1.29, 1.82) is 0 Å². The molecule has 1 aromatic rings. The number of ether oxygens (including phenoxy) is 1. The summed E-state index contributed by atoms with van der Waals surface area (Å²) < 4.78 is 5.78. The van der Waals surface area contributed by atoms with Crippen LogP contribution in [0, 0.1) is 6.92 Å². The summed E-state index contributed by atoms with van der Waals surface area (Å²) in [5.74, 6) is 1.31. The normalized spacial score (nSPS) is 23.1. The first-order valence-electron chi connectivity index (χ1n) is 6.03. The van der Waals surface area contributed by atoms with Gasteiger partial charge in [0.2, 0.25) is 0 Å². The van der Waals surface area contributed by atoms with Gasteiger partial charge < -0.3 is 20.5 Å². The van der Waals surface area contributed by atoms with Gasteiger partial charge in [-0.1, -0.05) is 0 Å². The van der Waals surface area contributed by atoms with E-state index in [9.17, 15) is 5.11 Å². The fourth-order valence-electron chi connectivity index (χ4n) is 2.32. The molecule has 0 aliphatic carbocycles. The van der Waals surface area contributed by atoms with E-state index in [-0.39, 0.29) is 18.3 Å². The third kappa shape index (κ3) is 2.54. The maximum Gasteiger partial charge on any atom is 0.137 e. The Kier molecular flexibility index (Phi) is 3.41. The van der Waals surface area contributed by atoms with Gasteiger partial charge in [0.25, 0.3) is 0 Å². The summed E-state index contributed by atoms with van der Waals surface area (Å²) in [6.07, 6.45) is 1.26. The predicted octanol–water partition coefficient (Wildman–Crippen LogP) is 0.343. The molecule has 0 saturated carbocycles. The maximum atomic E-state index is 9.30. The number of aromatic nitrogens is 2. The summed E-state index contributed by atoms with van der Waals surface area (Å²) in [5, 5.41) is 9.30. The Morgan fingerprint density at radius 3 is 2.94 bits per heavy atom. The summed E-state index contributed by atoms with van der Waals surface area (Å²) in [6, 6.07) is 0. The largest absolute Gasteiger partial charge is 0.394 e. The topological polar surface area (TPSA) is 84.5 Å². The third-order valence-corrected chi connectivity index (χ3v) is 3.08. The second kappa shape index (κ2) is 4.70. The first-order chi connectivity index (χ1) is 8.43. The van der Waals surface area contributed by atoms with Crippen LogP contribution >= 0.6 is 0 Å². The van der Waals surface area contributed by atoms with Crippen molar-refractivity contribution in [2.75, 3.05) is 30.3 Å². The SMILES string of the molecule is Cc1c(N)ncnc1N1CC(CO)OC(C)(C)C1. The van der Waals surface area contributed by atoms with Crippen LogP contribution in [0.2, 0.25) is 0 Å². The van der Waals surface area contributed by atoms with Crippen molar-refractivity contribution in [2.45, 2.75) is 32.5 Å². The molecule has 0 amide bonds. The van der Waals surface area contributed by atoms with Crippen LogP contribution in [-0.4, -0.2) is 46.5 Å². The second-order valence-electron chi connectivity index (χ2n) is 5.27. The van der Waals surface area contributed by atoms with Crippen molar-refractivity contribution < 1.29 is 9.84 Å². The van der Waals surface area contributed by atoms with Gasteiger partial charge in [-0.25, -0.2) is 9.97 Å². The van der Waals surface area contributed by atoms with Crippen LogP contribution in [0.5, 0.6) is 0 Å². The van der Waals surface area contributed by atoms with Gasteiger partial charge in [0.15, 0.2) is 0 Å². The van der Waals surface area contributed by atoms with E-state index in [2.05, 4.69) is 14.9 Å². The van der Waals surface area contributed by atoms with Gasteiger partial charge in [0.05, 0.1) is 18.3 Å². The number of nitrogens with zero attached hydrogens (tertiary/aromatic N) is 3. The lowest BCUT2D eigenvalue weighted by molar-refractivity contribution is -0.101. The van der Waals surface area contributed by atoms with Crippen LogP contribution in [-0.2, 0) is 4.74 Å². The van der Waals surface area contributed by atoms with E-state index in [1.807, 2.05) is 20.8 Å². The van der Waals surface area contributed by atoms with Gasteiger partial charge in [0, 0.05) is 18.7 Å². The molecular formula is C12H20N4O2. The smallest absolute Gasteiger partial charge is 0.137 e. The Balaban J connectivity index is 2.29. The number of aliphatic hydroxyl groups excluding tert-OH is 1. The molecule has 1 aliphatic rings. The molecule has 2 heterocycles. The molecule has 2 rings (SSSR count). The molecule has 0 bridgehead atoms. The number of anilines is 2. The molecule has 1 unspecified atom stereocenters. The second-order valence-corrected chi connectivity index (χ2v) is 5.27. The Morgan fingerprint density at radius 2 is 2.28 bits per heavy atom. The monoisotopic (exact) mass is 252 g/mol. The lowest BCUT2D eigenvalue weighted by Crippen LogP contribution is -2.54. The zero-order valence-corrected chi connectivity index (χ0v) is 11.1. The highest BCUT2D eigenvalue weighted by atomic mass is 16.5. The summed E-state index contributed by atoms with van der Waals surface area (Å²) >= 11 is 0. The van der Waals surface area contributed by atoms with Crippen LogP contribution in [0.25, 0.3) is 0 Å². The molecule has 1 aromatic heterocycles. The lowest BCUT2D eigenvalue weighted by atomic mass is 10.0. The molecule has 1 atom stereocenters. The van der Waals surface area contributed by atoms with Crippen molar-refractivity contribution in [3.05, 3.63) is 11.9 Å². The predicted molar refractivity (Wildman–Crippen MR) is 69.4 cm³/mol. The summed E-state index contributed by atoms with van der Waals surface area (Å²) in [6.45, 7) is 7.22. The van der Waals surface area contributed by atoms with E-state index in [4.69, 9.17) is 10.5 Å². The van der Waals surface area contributed by atoms with Crippen molar-refractivity contribution in [2.24, 2.45) is 0 Å². The number of nitrogen functional groups attached to an aromatic ring is 1. The Hall–Kier alpha value is -1.40. The number of nitrogens with two attached hydrogens (primary N) is 1. The molecule has 1 fully saturated rings. The van der Waals surface area contributed by atoms with Crippen molar-refractivity contribution in [3.63, 3.8) is 0 Å². The lowest BCUT2D eigenvalue weighted by Gasteiger charge is -2.43. The number of hydrogen-bond donors (Lipinski definition) is 2. The highest BCUT2D eigenvalue weighted by Gasteiger charge is 2.34. The third-order valence-electron chi connectivity index (χ3n) is 3.08. The minimum atomic E-state index is -0.322. The van der Waals surface area contributed by atoms with E-state index < -0.39 is 0 Å². The zero-order chi connectivity index (χ0) is 13.3. The van der Waals surface area contributed by atoms with Crippen LogP contribution in [0.15, 0.2) is 6.33 Å². The summed E-state index contributed by atoms with van der Waals surface area (Å²) in [7, 11) is 0. The summed E-state index contributed by atoms with van der Waals surface area (Å²) in [5.41, 5.74) is 6.35. The molecule has 1 aliphatic heterocycles. The highest BCUT2D eigenvalue weighted by molar-refractivity contribution is 5.56. The van der Waals surface area contributed by atoms with Gasteiger partial charge in [-0.15, -0.1) is 0 Å². The molecule has 1 saturated heterocycles. The molecule has 6 heteroatoms. The van der Waals surface area contributed by atoms with E-state index in [1.165, 1.54) is 6.33 Å². The molecule has 3 N–H and O–H groups in total. The fraction of sp³-hybridized carbons (Fsp3) is 0.667. The average molecular weight is 252 g/mol. The standard InChI is InChI=1S/C12H20N4O2/c1-8-10(13)14-7-15-11(8)16-4-9(5-17)18-12(2,3)6-16/h7,9,17H,4-6H2,1-3H3,(H2,13,14,15). The maximum absolute atomic E-state index is 9.30. The van der Waals surface area contributed by atoms with Gasteiger partial charge in [-0.3, -0.25) is 0 Å². The highest BCUT2D eigenvalue weighted by Crippen LogP contribution is 2.27. The van der Waals surface area contributed by atoms with Gasteiger partial charge >= 0.3 is 0 Å².